The Hall–Kier alpha value is -1.77. The number of hydrogen-bond donors (Lipinski definition) is 0. The third-order valence-corrected chi connectivity index (χ3v) is 2.19. The van der Waals surface area contributed by atoms with Gasteiger partial charge in [-0.3, -0.25) is 0 Å². The molecule has 1 aromatic carbocycles. The lowest BCUT2D eigenvalue weighted by atomic mass is 10.1. The van der Waals surface area contributed by atoms with Crippen LogP contribution in [0.5, 0.6) is 0 Å². The number of aromatic nitrogens is 1. The van der Waals surface area contributed by atoms with Crippen molar-refractivity contribution in [3.05, 3.63) is 53.7 Å². The zero-order valence-corrected chi connectivity index (χ0v) is 8.17. The van der Waals surface area contributed by atoms with E-state index in [4.69, 9.17) is 0 Å². The molecule has 0 fully saturated rings. The van der Waals surface area contributed by atoms with Crippen LogP contribution in [-0.4, -0.2) is 4.98 Å². The molecule has 0 bridgehead atoms. The molecule has 15 heavy (non-hydrogen) atoms. The van der Waals surface area contributed by atoms with Gasteiger partial charge in [0.05, 0.1) is 5.69 Å². The van der Waals surface area contributed by atoms with Crippen LogP contribution in [0.4, 0.5) is 8.78 Å². The maximum Gasteiger partial charge on any atom is 0.213 e. The molecule has 0 saturated carbocycles. The summed E-state index contributed by atoms with van der Waals surface area (Å²) in [5.74, 6) is -0.905. The second-order valence-electron chi connectivity index (χ2n) is 3.30. The molecule has 0 N–H and O–H groups in total. The van der Waals surface area contributed by atoms with Gasteiger partial charge in [0.25, 0.3) is 0 Å². The van der Waals surface area contributed by atoms with E-state index in [1.165, 1.54) is 18.2 Å². The van der Waals surface area contributed by atoms with Crippen LogP contribution in [0.1, 0.15) is 5.56 Å². The number of nitrogens with zero attached hydrogens (tertiary/aromatic N) is 1. The van der Waals surface area contributed by atoms with Crippen LogP contribution < -0.4 is 0 Å². The molecule has 1 nitrogen and oxygen atoms in total. The highest BCUT2D eigenvalue weighted by atomic mass is 19.1. The van der Waals surface area contributed by atoms with E-state index in [1.807, 2.05) is 6.92 Å². The molecule has 0 aliphatic heterocycles. The van der Waals surface area contributed by atoms with Crippen molar-refractivity contribution in [2.75, 3.05) is 0 Å². The Morgan fingerprint density at radius 2 is 1.87 bits per heavy atom. The van der Waals surface area contributed by atoms with Crippen LogP contribution in [0.3, 0.4) is 0 Å². The molecule has 0 atom stereocenters. The lowest BCUT2D eigenvalue weighted by Crippen LogP contribution is -1.90. The summed E-state index contributed by atoms with van der Waals surface area (Å²) in [6.45, 7) is 1.83. The van der Waals surface area contributed by atoms with Crippen LogP contribution in [0.15, 0.2) is 36.4 Å². The standard InChI is InChI=1S/C12H9F2N/c1-8-5-6-9(13)7-10(8)11-3-2-4-12(14)15-11/h2-7H,1H3. The van der Waals surface area contributed by atoms with E-state index >= 15 is 0 Å². The molecule has 1 heterocycles. The van der Waals surface area contributed by atoms with E-state index in [2.05, 4.69) is 4.98 Å². The van der Waals surface area contributed by atoms with E-state index in [0.29, 0.717) is 11.3 Å². The van der Waals surface area contributed by atoms with E-state index in [-0.39, 0.29) is 5.82 Å². The van der Waals surface area contributed by atoms with Crippen molar-refractivity contribution >= 4 is 0 Å². The van der Waals surface area contributed by atoms with Crippen LogP contribution in [0, 0.1) is 18.7 Å². The number of halogens is 2. The summed E-state index contributed by atoms with van der Waals surface area (Å²) in [4.78, 5) is 3.71. The molecular weight excluding hydrogens is 196 g/mol. The Labute approximate surface area is 86.4 Å². The second-order valence-corrected chi connectivity index (χ2v) is 3.30. The Morgan fingerprint density at radius 3 is 2.60 bits per heavy atom. The number of rotatable bonds is 1. The van der Waals surface area contributed by atoms with Gasteiger partial charge >= 0.3 is 0 Å². The average Bonchev–Trinajstić information content (AvgIpc) is 2.22. The van der Waals surface area contributed by atoms with Gasteiger partial charge in [-0.2, -0.15) is 4.39 Å². The predicted molar refractivity (Wildman–Crippen MR) is 54.3 cm³/mol. The van der Waals surface area contributed by atoms with Crippen LogP contribution in [0.2, 0.25) is 0 Å². The molecule has 1 aromatic heterocycles. The fraction of sp³-hybridized carbons (Fsp3) is 0.0833. The first kappa shape index (κ1) is 9.77. The fourth-order valence-corrected chi connectivity index (χ4v) is 1.43. The number of hydrogen-bond acceptors (Lipinski definition) is 1. The minimum absolute atomic E-state index is 0.346. The number of pyridine rings is 1. The molecule has 76 valence electrons. The van der Waals surface area contributed by atoms with Crippen LogP contribution in [0.25, 0.3) is 11.3 Å². The lowest BCUT2D eigenvalue weighted by Gasteiger charge is -2.04. The molecule has 0 saturated heterocycles. The summed E-state index contributed by atoms with van der Waals surface area (Å²) >= 11 is 0. The highest BCUT2D eigenvalue weighted by Crippen LogP contribution is 2.22. The van der Waals surface area contributed by atoms with Crippen molar-refractivity contribution in [3.63, 3.8) is 0 Å². The normalized spacial score (nSPS) is 10.3. The van der Waals surface area contributed by atoms with Gasteiger partial charge in [0, 0.05) is 5.56 Å². The number of aryl methyl sites for hydroxylation is 1. The molecule has 2 rings (SSSR count). The Balaban J connectivity index is 2.58. The van der Waals surface area contributed by atoms with Crippen molar-refractivity contribution in [2.45, 2.75) is 6.92 Å². The van der Waals surface area contributed by atoms with Crippen LogP contribution >= 0.6 is 0 Å². The van der Waals surface area contributed by atoms with Gasteiger partial charge in [-0.05, 0) is 36.8 Å². The molecule has 0 aliphatic carbocycles. The van der Waals surface area contributed by atoms with Gasteiger partial charge in [0.15, 0.2) is 0 Å². The lowest BCUT2D eigenvalue weighted by molar-refractivity contribution is 0.585. The summed E-state index contributed by atoms with van der Waals surface area (Å²) < 4.78 is 25.9. The molecule has 0 amide bonds. The van der Waals surface area contributed by atoms with Gasteiger partial charge in [-0.25, -0.2) is 9.37 Å². The molecule has 2 aromatic rings. The molecular formula is C12H9F2N. The van der Waals surface area contributed by atoms with Crippen molar-refractivity contribution < 1.29 is 8.78 Å². The Kier molecular flexibility index (Phi) is 2.46. The Morgan fingerprint density at radius 1 is 1.07 bits per heavy atom. The van der Waals surface area contributed by atoms with Crippen molar-refractivity contribution in [3.8, 4) is 11.3 Å². The first-order chi connectivity index (χ1) is 7.16. The van der Waals surface area contributed by atoms with Crippen molar-refractivity contribution in [1.82, 2.24) is 4.98 Å². The highest BCUT2D eigenvalue weighted by molar-refractivity contribution is 5.63. The molecule has 0 radical (unpaired) electrons. The number of benzene rings is 1. The van der Waals surface area contributed by atoms with Crippen molar-refractivity contribution in [1.29, 1.82) is 0 Å². The molecule has 3 heteroatoms. The van der Waals surface area contributed by atoms with Gasteiger partial charge in [-0.15, -0.1) is 0 Å². The van der Waals surface area contributed by atoms with E-state index < -0.39 is 5.95 Å². The minimum atomic E-state index is -0.559. The van der Waals surface area contributed by atoms with E-state index in [0.717, 1.165) is 5.56 Å². The molecule has 0 unspecified atom stereocenters. The minimum Gasteiger partial charge on any atom is -0.220 e. The zero-order chi connectivity index (χ0) is 10.8. The summed E-state index contributed by atoms with van der Waals surface area (Å²) in [5.41, 5.74) is 1.94. The van der Waals surface area contributed by atoms with Crippen molar-refractivity contribution in [2.24, 2.45) is 0 Å². The fourth-order valence-electron chi connectivity index (χ4n) is 1.43. The predicted octanol–water partition coefficient (Wildman–Crippen LogP) is 3.34. The smallest absolute Gasteiger partial charge is 0.213 e. The average molecular weight is 205 g/mol. The third-order valence-electron chi connectivity index (χ3n) is 2.19. The third kappa shape index (κ3) is 2.01. The monoisotopic (exact) mass is 205 g/mol. The van der Waals surface area contributed by atoms with E-state index in [1.54, 1.807) is 18.2 Å². The van der Waals surface area contributed by atoms with Gasteiger partial charge in [-0.1, -0.05) is 12.1 Å². The van der Waals surface area contributed by atoms with Gasteiger partial charge in [0.1, 0.15) is 5.82 Å². The quantitative estimate of drug-likeness (QED) is 0.650. The molecule has 0 aliphatic rings. The van der Waals surface area contributed by atoms with Crippen LogP contribution in [-0.2, 0) is 0 Å². The summed E-state index contributed by atoms with van der Waals surface area (Å²) in [5, 5.41) is 0. The van der Waals surface area contributed by atoms with Gasteiger partial charge < -0.3 is 0 Å². The summed E-state index contributed by atoms with van der Waals surface area (Å²) in [6.07, 6.45) is 0. The maximum absolute atomic E-state index is 13.0. The van der Waals surface area contributed by atoms with Gasteiger partial charge in [0.2, 0.25) is 5.95 Å². The maximum atomic E-state index is 13.0. The highest BCUT2D eigenvalue weighted by Gasteiger charge is 2.05. The topological polar surface area (TPSA) is 12.9 Å². The first-order valence-electron chi connectivity index (χ1n) is 4.56. The Bertz CT molecular complexity index is 495. The zero-order valence-electron chi connectivity index (χ0n) is 8.17. The first-order valence-corrected chi connectivity index (χ1v) is 4.56. The van der Waals surface area contributed by atoms with E-state index in [9.17, 15) is 8.78 Å². The molecule has 0 spiro atoms. The summed E-state index contributed by atoms with van der Waals surface area (Å²) in [6, 6.07) is 8.86. The SMILES string of the molecule is Cc1ccc(F)cc1-c1cccc(F)n1. The summed E-state index contributed by atoms with van der Waals surface area (Å²) in [7, 11) is 0. The second kappa shape index (κ2) is 3.77. The largest absolute Gasteiger partial charge is 0.220 e.